The second kappa shape index (κ2) is 6.25. The lowest BCUT2D eigenvalue weighted by molar-refractivity contribution is 0.535. The summed E-state index contributed by atoms with van der Waals surface area (Å²) in [6.07, 6.45) is 0.509. The van der Waals surface area contributed by atoms with E-state index in [4.69, 9.17) is 5.84 Å². The average Bonchev–Trinajstić information content (AvgIpc) is 2.77. The summed E-state index contributed by atoms with van der Waals surface area (Å²) in [5.74, 6) is 5.34. The van der Waals surface area contributed by atoms with Crippen LogP contribution in [0, 0.1) is 5.82 Å². The lowest BCUT2D eigenvalue weighted by atomic mass is 10.0. The first-order valence-corrected chi connectivity index (χ1v) is 7.65. The molecule has 96 valence electrons. The SMILES string of the molecule is NNC(Cc1cc(Br)ccc1F)c1ccc(Br)s1. The first-order valence-electron chi connectivity index (χ1n) is 5.25. The van der Waals surface area contributed by atoms with Crippen molar-refractivity contribution in [3.8, 4) is 0 Å². The molecule has 0 saturated carbocycles. The van der Waals surface area contributed by atoms with Crippen LogP contribution in [0.15, 0.2) is 38.6 Å². The third-order valence-electron chi connectivity index (χ3n) is 2.57. The molecule has 1 aromatic carbocycles. The van der Waals surface area contributed by atoms with E-state index in [9.17, 15) is 4.39 Å². The summed E-state index contributed by atoms with van der Waals surface area (Å²) in [6, 6.07) is 8.77. The van der Waals surface area contributed by atoms with E-state index in [1.54, 1.807) is 23.5 Å². The van der Waals surface area contributed by atoms with E-state index < -0.39 is 0 Å². The van der Waals surface area contributed by atoms with Crippen molar-refractivity contribution in [2.45, 2.75) is 12.5 Å². The Morgan fingerprint density at radius 2 is 2.06 bits per heavy atom. The van der Waals surface area contributed by atoms with E-state index >= 15 is 0 Å². The highest BCUT2D eigenvalue weighted by molar-refractivity contribution is 9.11. The second-order valence-corrected chi connectivity index (χ2v) is 7.21. The summed E-state index contributed by atoms with van der Waals surface area (Å²) < 4.78 is 15.6. The van der Waals surface area contributed by atoms with Crippen LogP contribution in [0.25, 0.3) is 0 Å². The molecule has 0 aliphatic rings. The standard InChI is InChI=1S/C12H11Br2FN2S/c13-8-1-2-9(15)7(5-8)6-10(17-16)11-3-4-12(14)18-11/h1-5,10,17H,6,16H2. The van der Waals surface area contributed by atoms with Crippen molar-refractivity contribution in [3.05, 3.63) is 54.8 Å². The molecule has 0 radical (unpaired) electrons. The highest BCUT2D eigenvalue weighted by Gasteiger charge is 2.15. The number of hydrogen-bond donors (Lipinski definition) is 2. The fraction of sp³-hybridized carbons (Fsp3) is 0.167. The van der Waals surface area contributed by atoms with Crippen molar-refractivity contribution in [2.75, 3.05) is 0 Å². The monoisotopic (exact) mass is 392 g/mol. The minimum Gasteiger partial charge on any atom is -0.271 e. The van der Waals surface area contributed by atoms with Gasteiger partial charge in [0.2, 0.25) is 0 Å². The summed E-state index contributed by atoms with van der Waals surface area (Å²) in [6.45, 7) is 0. The number of benzene rings is 1. The van der Waals surface area contributed by atoms with Gasteiger partial charge in [0.25, 0.3) is 0 Å². The maximum absolute atomic E-state index is 13.7. The van der Waals surface area contributed by atoms with E-state index in [-0.39, 0.29) is 11.9 Å². The number of rotatable bonds is 4. The predicted octanol–water partition coefficient (Wildman–Crippen LogP) is 4.16. The van der Waals surface area contributed by atoms with Gasteiger partial charge in [-0.3, -0.25) is 11.3 Å². The smallest absolute Gasteiger partial charge is 0.126 e. The molecule has 0 spiro atoms. The zero-order valence-corrected chi connectivity index (χ0v) is 13.3. The Hall–Kier alpha value is -0.270. The highest BCUT2D eigenvalue weighted by atomic mass is 79.9. The van der Waals surface area contributed by atoms with Gasteiger partial charge in [0.1, 0.15) is 5.82 Å². The van der Waals surface area contributed by atoms with Crippen LogP contribution in [0.2, 0.25) is 0 Å². The Balaban J connectivity index is 2.22. The van der Waals surface area contributed by atoms with Gasteiger partial charge < -0.3 is 0 Å². The summed E-state index contributed by atoms with van der Waals surface area (Å²) >= 11 is 8.34. The molecule has 1 unspecified atom stereocenters. The molecule has 0 fully saturated rings. The molecule has 1 heterocycles. The molecule has 0 aliphatic carbocycles. The summed E-state index contributed by atoms with van der Waals surface area (Å²) in [5.41, 5.74) is 3.37. The van der Waals surface area contributed by atoms with Gasteiger partial charge in [0.05, 0.1) is 9.83 Å². The van der Waals surface area contributed by atoms with Crippen molar-refractivity contribution >= 4 is 43.2 Å². The molecule has 0 aliphatic heterocycles. The largest absolute Gasteiger partial charge is 0.271 e. The van der Waals surface area contributed by atoms with Crippen molar-refractivity contribution < 1.29 is 4.39 Å². The minimum atomic E-state index is -0.214. The van der Waals surface area contributed by atoms with Crippen molar-refractivity contribution in [1.82, 2.24) is 5.43 Å². The Kier molecular flexibility index (Phi) is 4.91. The molecule has 1 aromatic heterocycles. The lowest BCUT2D eigenvalue weighted by Crippen LogP contribution is -2.29. The lowest BCUT2D eigenvalue weighted by Gasteiger charge is -2.15. The Morgan fingerprint density at radius 1 is 1.28 bits per heavy atom. The Bertz CT molecular complexity index is 545. The van der Waals surface area contributed by atoms with Gasteiger partial charge in [-0.25, -0.2) is 4.39 Å². The van der Waals surface area contributed by atoms with Crippen molar-refractivity contribution in [2.24, 2.45) is 5.84 Å². The summed E-state index contributed by atoms with van der Waals surface area (Å²) in [4.78, 5) is 1.07. The normalized spacial score (nSPS) is 12.7. The molecule has 1 atom stereocenters. The summed E-state index contributed by atoms with van der Waals surface area (Å²) in [7, 11) is 0. The number of hydrogen-bond acceptors (Lipinski definition) is 3. The molecule has 3 N–H and O–H groups in total. The van der Waals surface area contributed by atoms with E-state index in [1.165, 1.54) is 6.07 Å². The predicted molar refractivity (Wildman–Crippen MR) is 79.9 cm³/mol. The third-order valence-corrected chi connectivity index (χ3v) is 4.80. The van der Waals surface area contributed by atoms with Crippen molar-refractivity contribution in [3.63, 3.8) is 0 Å². The van der Waals surface area contributed by atoms with Crippen LogP contribution in [-0.2, 0) is 6.42 Å². The van der Waals surface area contributed by atoms with Gasteiger partial charge in [-0.1, -0.05) is 15.9 Å². The third kappa shape index (κ3) is 3.39. The van der Waals surface area contributed by atoms with Crippen LogP contribution < -0.4 is 11.3 Å². The Morgan fingerprint density at radius 3 is 2.67 bits per heavy atom. The van der Waals surface area contributed by atoms with Gasteiger partial charge in [0.15, 0.2) is 0 Å². The fourth-order valence-corrected chi connectivity index (χ4v) is 3.57. The van der Waals surface area contributed by atoms with Crippen LogP contribution in [-0.4, -0.2) is 0 Å². The van der Waals surface area contributed by atoms with Crippen LogP contribution in [0.5, 0.6) is 0 Å². The molecule has 2 rings (SSSR count). The molecule has 2 aromatic rings. The Labute approximate surface area is 126 Å². The number of nitrogens with one attached hydrogen (secondary N) is 1. The summed E-state index contributed by atoms with van der Waals surface area (Å²) in [5, 5.41) is 0. The van der Waals surface area contributed by atoms with E-state index in [1.807, 2.05) is 12.1 Å². The fourth-order valence-electron chi connectivity index (χ4n) is 1.68. The maximum Gasteiger partial charge on any atom is 0.126 e. The molecule has 0 amide bonds. The molecule has 6 heteroatoms. The van der Waals surface area contributed by atoms with Crippen molar-refractivity contribution in [1.29, 1.82) is 0 Å². The maximum atomic E-state index is 13.7. The number of hydrazine groups is 1. The van der Waals surface area contributed by atoms with Crippen LogP contribution in [0.1, 0.15) is 16.5 Å². The number of nitrogens with two attached hydrogens (primary N) is 1. The highest BCUT2D eigenvalue weighted by Crippen LogP contribution is 2.30. The molecule has 18 heavy (non-hydrogen) atoms. The average molecular weight is 394 g/mol. The van der Waals surface area contributed by atoms with Crippen LogP contribution in [0.3, 0.4) is 0 Å². The molecular weight excluding hydrogens is 383 g/mol. The zero-order chi connectivity index (χ0) is 13.1. The van der Waals surface area contributed by atoms with Crippen LogP contribution >= 0.6 is 43.2 Å². The van der Waals surface area contributed by atoms with E-state index in [0.717, 1.165) is 13.1 Å². The molecule has 0 bridgehead atoms. The van der Waals surface area contributed by atoms with E-state index in [0.29, 0.717) is 12.0 Å². The molecule has 2 nitrogen and oxygen atoms in total. The quantitative estimate of drug-likeness (QED) is 0.604. The number of thiophene rings is 1. The molecular formula is C12H11Br2FN2S. The topological polar surface area (TPSA) is 38.0 Å². The number of halogens is 3. The van der Waals surface area contributed by atoms with Gasteiger partial charge in [-0.2, -0.15) is 0 Å². The van der Waals surface area contributed by atoms with Crippen LogP contribution in [0.4, 0.5) is 4.39 Å². The van der Waals surface area contributed by atoms with Gasteiger partial charge >= 0.3 is 0 Å². The zero-order valence-electron chi connectivity index (χ0n) is 9.29. The first-order chi connectivity index (χ1) is 8.60. The second-order valence-electron chi connectivity index (χ2n) is 3.80. The van der Waals surface area contributed by atoms with Gasteiger partial charge in [-0.15, -0.1) is 11.3 Å². The van der Waals surface area contributed by atoms with Gasteiger partial charge in [-0.05, 0) is 58.2 Å². The van der Waals surface area contributed by atoms with E-state index in [2.05, 4.69) is 37.3 Å². The minimum absolute atomic E-state index is 0.0925. The molecule has 0 saturated heterocycles. The first kappa shape index (κ1) is 14.1. The van der Waals surface area contributed by atoms with Gasteiger partial charge in [0, 0.05) is 9.35 Å².